The van der Waals surface area contributed by atoms with Crippen molar-refractivity contribution in [1.82, 2.24) is 0 Å². The van der Waals surface area contributed by atoms with Crippen LogP contribution >= 0.6 is 0 Å². The zero-order valence-electron chi connectivity index (χ0n) is 5.04. The van der Waals surface area contributed by atoms with Gasteiger partial charge >= 0.3 is 63.3 Å². The summed E-state index contributed by atoms with van der Waals surface area (Å²) in [6, 6.07) is 0. The van der Waals surface area contributed by atoms with E-state index in [0.29, 0.717) is 0 Å². The van der Waals surface area contributed by atoms with E-state index in [4.69, 9.17) is 0 Å². The molecule has 0 N–H and O–H groups in total. The van der Waals surface area contributed by atoms with Crippen LogP contribution in [-0.4, -0.2) is 33.7 Å². The van der Waals surface area contributed by atoms with Gasteiger partial charge in [-0.15, -0.1) is 0 Å². The van der Waals surface area contributed by atoms with Crippen molar-refractivity contribution in [2.75, 3.05) is 0 Å². The van der Waals surface area contributed by atoms with E-state index in [9.17, 15) is 9.59 Å². The van der Waals surface area contributed by atoms with E-state index in [-0.39, 0.29) is 0 Å². The zero-order valence-corrected chi connectivity index (χ0v) is 7.37. The Morgan fingerprint density at radius 2 is 1.44 bits per heavy atom. The fourth-order valence-corrected chi connectivity index (χ4v) is 0.757. The van der Waals surface area contributed by atoms with Gasteiger partial charge in [-0.2, -0.15) is 0 Å². The molecule has 52 valence electrons. The Morgan fingerprint density at radius 3 is 1.67 bits per heavy atom. The Bertz CT molecular complexity index is 108. The normalized spacial score (nSPS) is 8.22. The van der Waals surface area contributed by atoms with Crippen molar-refractivity contribution in [2.45, 2.75) is 13.8 Å². The van der Waals surface area contributed by atoms with Gasteiger partial charge in [0.25, 0.3) is 0 Å². The molecule has 0 aliphatic rings. The molecule has 0 saturated heterocycles. The number of hydrogen-bond acceptors (Lipinski definition) is 4. The molecule has 4 nitrogen and oxygen atoms in total. The Labute approximate surface area is 63.7 Å². The van der Waals surface area contributed by atoms with Crippen molar-refractivity contribution in [1.29, 1.82) is 0 Å². The van der Waals surface area contributed by atoms with E-state index in [2.05, 4.69) is 6.20 Å². The van der Waals surface area contributed by atoms with Crippen LogP contribution in [-0.2, 0) is 15.8 Å². The monoisotopic (exact) mass is 248 g/mol. The first-order valence-electron chi connectivity index (χ1n) is 2.15. The summed E-state index contributed by atoms with van der Waals surface area (Å²) in [5, 5.41) is 0. The summed E-state index contributed by atoms with van der Waals surface area (Å²) in [5.41, 5.74) is 0. The minimum atomic E-state index is -1.31. The molecule has 0 aliphatic carbocycles. The van der Waals surface area contributed by atoms with E-state index >= 15 is 0 Å². The quantitative estimate of drug-likeness (QED) is 0.624. The first-order chi connectivity index (χ1) is 4.13. The summed E-state index contributed by atoms with van der Waals surface area (Å²) in [6.07, 6.45) is 0. The van der Waals surface area contributed by atoms with Crippen molar-refractivity contribution in [3.05, 3.63) is 0 Å². The summed E-state index contributed by atoms with van der Waals surface area (Å²) >= 11 is -1.31. The predicted molar refractivity (Wildman–Crippen MR) is 29.3 cm³/mol. The molecule has 0 aromatic carbocycles. The predicted octanol–water partition coefficient (Wildman–Crippen LogP) is -0.353. The fraction of sp³-hybridized carbons (Fsp3) is 0.500. The summed E-state index contributed by atoms with van der Waals surface area (Å²) in [6.45, 7) is 2.54. The molecule has 0 spiro atoms. The van der Waals surface area contributed by atoms with E-state index in [0.717, 1.165) is 0 Å². The van der Waals surface area contributed by atoms with Crippen molar-refractivity contribution in [3.8, 4) is 0 Å². The van der Waals surface area contributed by atoms with E-state index < -0.39 is 33.7 Å². The van der Waals surface area contributed by atoms with E-state index in [1.54, 1.807) is 0 Å². The second-order valence-electron chi connectivity index (χ2n) is 1.22. The SMILES string of the molecule is CC(=O)O[Te]OC(C)=O. The average Bonchev–Trinajstić information content (AvgIpc) is 1.63. The maximum atomic E-state index is 10.0. The Balaban J connectivity index is 3.10. The van der Waals surface area contributed by atoms with Crippen LogP contribution in [0.3, 0.4) is 0 Å². The molecule has 0 aromatic heterocycles. The first-order valence-corrected chi connectivity index (χ1v) is 4.05. The van der Waals surface area contributed by atoms with Crippen LogP contribution in [0.25, 0.3) is 0 Å². The molecule has 0 amide bonds. The van der Waals surface area contributed by atoms with Gasteiger partial charge in [0.1, 0.15) is 0 Å². The van der Waals surface area contributed by atoms with Crippen LogP contribution in [0.1, 0.15) is 13.8 Å². The third-order valence-corrected chi connectivity index (χ3v) is 2.03. The average molecular weight is 246 g/mol. The Hall–Kier alpha value is -0.270. The van der Waals surface area contributed by atoms with Gasteiger partial charge in [0.2, 0.25) is 0 Å². The standard InChI is InChI=1S/C4H6O4Te/c1-3(5)7-9-8-4(2)6/h1-2H3. The van der Waals surface area contributed by atoms with Crippen molar-refractivity contribution in [2.24, 2.45) is 0 Å². The summed E-state index contributed by atoms with van der Waals surface area (Å²) in [4.78, 5) is 20.1. The Kier molecular flexibility index (Phi) is 4.46. The summed E-state index contributed by atoms with van der Waals surface area (Å²) in [7, 11) is 0. The van der Waals surface area contributed by atoms with Gasteiger partial charge in [0.15, 0.2) is 0 Å². The first kappa shape index (κ1) is 8.73. The van der Waals surface area contributed by atoms with Crippen LogP contribution in [0.5, 0.6) is 0 Å². The second-order valence-corrected chi connectivity index (χ2v) is 2.56. The van der Waals surface area contributed by atoms with Crippen molar-refractivity contribution < 1.29 is 15.8 Å². The fourth-order valence-electron chi connectivity index (χ4n) is 0.113. The van der Waals surface area contributed by atoms with Crippen LogP contribution in [0.2, 0.25) is 0 Å². The molecule has 0 atom stereocenters. The minimum absolute atomic E-state index is 0.404. The number of hydrogen-bond donors (Lipinski definition) is 0. The van der Waals surface area contributed by atoms with Crippen LogP contribution < -0.4 is 0 Å². The zero-order chi connectivity index (χ0) is 7.28. The third-order valence-electron chi connectivity index (χ3n) is 0.303. The number of carbonyl (C=O) groups excluding carboxylic acids is 2. The van der Waals surface area contributed by atoms with Crippen LogP contribution in [0.15, 0.2) is 0 Å². The van der Waals surface area contributed by atoms with Gasteiger partial charge in [0.05, 0.1) is 0 Å². The Morgan fingerprint density at radius 1 is 1.11 bits per heavy atom. The van der Waals surface area contributed by atoms with Crippen LogP contribution in [0.4, 0.5) is 0 Å². The van der Waals surface area contributed by atoms with E-state index in [1.165, 1.54) is 13.8 Å². The number of rotatable bonds is 2. The van der Waals surface area contributed by atoms with Gasteiger partial charge in [-0.05, 0) is 0 Å². The van der Waals surface area contributed by atoms with Gasteiger partial charge in [-0.25, -0.2) is 0 Å². The molecule has 0 heterocycles. The van der Waals surface area contributed by atoms with Gasteiger partial charge < -0.3 is 0 Å². The molecule has 9 heavy (non-hydrogen) atoms. The second kappa shape index (κ2) is 4.59. The summed E-state index contributed by atoms with van der Waals surface area (Å²) < 4.78 is 8.80. The molecule has 5 heteroatoms. The molecule has 0 radical (unpaired) electrons. The molecular formula is C4H6O4Te. The summed E-state index contributed by atoms with van der Waals surface area (Å²) in [5.74, 6) is -0.808. The third kappa shape index (κ3) is 7.73. The maximum absolute atomic E-state index is 10.0. The van der Waals surface area contributed by atoms with Gasteiger partial charge in [-0.1, -0.05) is 0 Å². The molecule has 0 unspecified atom stereocenters. The number of carbonyl (C=O) groups is 2. The molecular weight excluding hydrogens is 240 g/mol. The molecule has 0 fully saturated rings. The topological polar surface area (TPSA) is 52.6 Å². The molecule has 0 bridgehead atoms. The van der Waals surface area contributed by atoms with Crippen LogP contribution in [0, 0.1) is 0 Å². The molecule has 0 aromatic rings. The van der Waals surface area contributed by atoms with Crippen molar-refractivity contribution >= 4 is 33.7 Å². The van der Waals surface area contributed by atoms with E-state index in [1.807, 2.05) is 0 Å². The van der Waals surface area contributed by atoms with Gasteiger partial charge in [-0.3, -0.25) is 0 Å². The van der Waals surface area contributed by atoms with Gasteiger partial charge in [0, 0.05) is 0 Å². The molecule has 0 rings (SSSR count). The molecule has 0 saturated carbocycles. The molecule has 0 aliphatic heterocycles. The van der Waals surface area contributed by atoms with Crippen molar-refractivity contribution in [3.63, 3.8) is 0 Å².